The first-order valence-corrected chi connectivity index (χ1v) is 8.90. The Morgan fingerprint density at radius 2 is 1.81 bits per heavy atom. The van der Waals surface area contributed by atoms with E-state index < -0.39 is 0 Å². The zero-order valence-corrected chi connectivity index (χ0v) is 15.4. The standard InChI is InChI=1S/C21H22N4O2/c1-3-15-9-11-16(12-10-15)24-20-13-18(22-14-23-20)21(26)25-17-7-5-6-8-19(17)27-4-2/h5-14H,3-4H2,1-2H3,(H,25,26)(H,22,23,24). The fourth-order valence-electron chi connectivity index (χ4n) is 2.56. The van der Waals surface area contributed by atoms with E-state index in [1.165, 1.54) is 11.9 Å². The van der Waals surface area contributed by atoms with E-state index in [2.05, 4.69) is 39.7 Å². The highest BCUT2D eigenvalue weighted by atomic mass is 16.5. The van der Waals surface area contributed by atoms with Crippen LogP contribution in [0.1, 0.15) is 29.9 Å². The highest BCUT2D eigenvalue weighted by Gasteiger charge is 2.12. The zero-order valence-electron chi connectivity index (χ0n) is 15.4. The third-order valence-corrected chi connectivity index (χ3v) is 3.97. The molecular formula is C21H22N4O2. The lowest BCUT2D eigenvalue weighted by Crippen LogP contribution is -2.15. The predicted molar refractivity (Wildman–Crippen MR) is 107 cm³/mol. The molecule has 3 rings (SSSR count). The summed E-state index contributed by atoms with van der Waals surface area (Å²) in [5, 5.41) is 6.03. The summed E-state index contributed by atoms with van der Waals surface area (Å²) in [4.78, 5) is 20.8. The van der Waals surface area contributed by atoms with Crippen molar-refractivity contribution >= 4 is 23.1 Å². The quantitative estimate of drug-likeness (QED) is 0.650. The van der Waals surface area contributed by atoms with Crippen LogP contribution in [0, 0.1) is 0 Å². The highest BCUT2D eigenvalue weighted by molar-refractivity contribution is 6.04. The molecule has 0 unspecified atom stereocenters. The second kappa shape index (κ2) is 8.80. The molecule has 2 aromatic carbocycles. The van der Waals surface area contributed by atoms with Gasteiger partial charge in [-0.2, -0.15) is 0 Å². The number of hydrogen-bond acceptors (Lipinski definition) is 5. The van der Waals surface area contributed by atoms with Crippen molar-refractivity contribution in [2.45, 2.75) is 20.3 Å². The Balaban J connectivity index is 1.73. The van der Waals surface area contributed by atoms with Crippen LogP contribution in [0.25, 0.3) is 0 Å². The summed E-state index contributed by atoms with van der Waals surface area (Å²) in [5.74, 6) is 0.850. The Bertz CT molecular complexity index is 910. The molecule has 0 aliphatic carbocycles. The SMILES string of the molecule is CCOc1ccccc1NC(=O)c1cc(Nc2ccc(CC)cc2)ncn1. The molecule has 0 bridgehead atoms. The Morgan fingerprint density at radius 3 is 2.56 bits per heavy atom. The van der Waals surface area contributed by atoms with E-state index in [0.29, 0.717) is 23.9 Å². The summed E-state index contributed by atoms with van der Waals surface area (Å²) in [6, 6.07) is 17.0. The number of ether oxygens (including phenoxy) is 1. The first kappa shape index (κ1) is 18.4. The molecule has 138 valence electrons. The van der Waals surface area contributed by atoms with E-state index in [-0.39, 0.29) is 11.6 Å². The molecule has 27 heavy (non-hydrogen) atoms. The van der Waals surface area contributed by atoms with Crippen molar-refractivity contribution in [1.82, 2.24) is 9.97 Å². The minimum absolute atomic E-state index is 0.268. The number of aryl methyl sites for hydroxylation is 1. The van der Waals surface area contributed by atoms with Gasteiger partial charge in [-0.1, -0.05) is 31.2 Å². The van der Waals surface area contributed by atoms with Gasteiger partial charge >= 0.3 is 0 Å². The van der Waals surface area contributed by atoms with E-state index in [1.807, 2.05) is 37.3 Å². The van der Waals surface area contributed by atoms with Gasteiger partial charge in [0.05, 0.1) is 12.3 Å². The number of nitrogens with one attached hydrogen (secondary N) is 2. The number of benzene rings is 2. The van der Waals surface area contributed by atoms with Gasteiger partial charge in [0.15, 0.2) is 0 Å². The molecular weight excluding hydrogens is 340 g/mol. The summed E-state index contributed by atoms with van der Waals surface area (Å²) in [7, 11) is 0. The maximum atomic E-state index is 12.6. The average molecular weight is 362 g/mol. The number of anilines is 3. The molecule has 1 aromatic heterocycles. The molecule has 0 fully saturated rings. The summed E-state index contributed by atoms with van der Waals surface area (Å²) < 4.78 is 5.54. The Labute approximate surface area is 158 Å². The molecule has 0 radical (unpaired) electrons. The van der Waals surface area contributed by atoms with E-state index in [0.717, 1.165) is 12.1 Å². The molecule has 0 atom stereocenters. The topological polar surface area (TPSA) is 76.1 Å². The Morgan fingerprint density at radius 1 is 1.04 bits per heavy atom. The van der Waals surface area contributed by atoms with Gasteiger partial charge in [0.1, 0.15) is 23.6 Å². The predicted octanol–water partition coefficient (Wildman–Crippen LogP) is 4.43. The summed E-state index contributed by atoms with van der Waals surface area (Å²) in [6.45, 7) is 4.53. The van der Waals surface area contributed by atoms with E-state index in [4.69, 9.17) is 4.74 Å². The molecule has 6 nitrogen and oxygen atoms in total. The van der Waals surface area contributed by atoms with E-state index in [9.17, 15) is 4.79 Å². The minimum Gasteiger partial charge on any atom is -0.492 e. The van der Waals surface area contributed by atoms with Gasteiger partial charge < -0.3 is 15.4 Å². The lowest BCUT2D eigenvalue weighted by Gasteiger charge is -2.11. The third-order valence-electron chi connectivity index (χ3n) is 3.97. The normalized spacial score (nSPS) is 10.3. The van der Waals surface area contributed by atoms with Crippen LogP contribution in [-0.2, 0) is 6.42 Å². The average Bonchev–Trinajstić information content (AvgIpc) is 2.70. The van der Waals surface area contributed by atoms with Gasteiger partial charge in [-0.05, 0) is 43.2 Å². The van der Waals surface area contributed by atoms with Crippen LogP contribution in [0.3, 0.4) is 0 Å². The van der Waals surface area contributed by atoms with Crippen molar-refractivity contribution < 1.29 is 9.53 Å². The lowest BCUT2D eigenvalue weighted by molar-refractivity contribution is 0.102. The molecule has 0 aliphatic rings. The first-order chi connectivity index (χ1) is 13.2. The largest absolute Gasteiger partial charge is 0.492 e. The molecule has 6 heteroatoms. The van der Waals surface area contributed by atoms with Crippen LogP contribution in [0.2, 0.25) is 0 Å². The van der Waals surface area contributed by atoms with Crippen LogP contribution in [0.5, 0.6) is 5.75 Å². The van der Waals surface area contributed by atoms with E-state index >= 15 is 0 Å². The van der Waals surface area contributed by atoms with Crippen LogP contribution < -0.4 is 15.4 Å². The maximum absolute atomic E-state index is 12.6. The summed E-state index contributed by atoms with van der Waals surface area (Å²) in [5.41, 5.74) is 3.03. The monoisotopic (exact) mass is 362 g/mol. The number of hydrogen-bond donors (Lipinski definition) is 2. The summed E-state index contributed by atoms with van der Waals surface area (Å²) >= 11 is 0. The Hall–Kier alpha value is -3.41. The number of carbonyl (C=O) groups excluding carboxylic acids is 1. The minimum atomic E-state index is -0.325. The zero-order chi connectivity index (χ0) is 19.1. The van der Waals surface area contributed by atoms with Gasteiger partial charge in [0.2, 0.25) is 0 Å². The second-order valence-corrected chi connectivity index (χ2v) is 5.85. The molecule has 0 saturated heterocycles. The molecule has 0 aliphatic heterocycles. The number of aromatic nitrogens is 2. The molecule has 3 aromatic rings. The van der Waals surface area contributed by atoms with Crippen molar-refractivity contribution in [3.05, 3.63) is 72.2 Å². The number of nitrogens with zero attached hydrogens (tertiary/aromatic N) is 2. The van der Waals surface area contributed by atoms with Crippen LogP contribution >= 0.6 is 0 Å². The lowest BCUT2D eigenvalue weighted by atomic mass is 10.1. The molecule has 1 amide bonds. The number of carbonyl (C=O) groups is 1. The number of rotatable bonds is 7. The molecule has 2 N–H and O–H groups in total. The summed E-state index contributed by atoms with van der Waals surface area (Å²) in [6.07, 6.45) is 2.35. The highest BCUT2D eigenvalue weighted by Crippen LogP contribution is 2.24. The van der Waals surface area contributed by atoms with Gasteiger partial charge in [-0.25, -0.2) is 9.97 Å². The first-order valence-electron chi connectivity index (χ1n) is 8.90. The van der Waals surface area contributed by atoms with Crippen molar-refractivity contribution in [2.75, 3.05) is 17.2 Å². The van der Waals surface area contributed by atoms with Crippen molar-refractivity contribution in [1.29, 1.82) is 0 Å². The second-order valence-electron chi connectivity index (χ2n) is 5.85. The van der Waals surface area contributed by atoms with E-state index in [1.54, 1.807) is 12.1 Å². The van der Waals surface area contributed by atoms with Gasteiger partial charge in [-0.3, -0.25) is 4.79 Å². The number of amides is 1. The third kappa shape index (κ3) is 4.82. The van der Waals surface area contributed by atoms with Gasteiger partial charge in [-0.15, -0.1) is 0 Å². The smallest absolute Gasteiger partial charge is 0.274 e. The molecule has 0 spiro atoms. The van der Waals surface area contributed by atoms with Gasteiger partial charge in [0.25, 0.3) is 5.91 Å². The van der Waals surface area contributed by atoms with Crippen LogP contribution in [0.4, 0.5) is 17.2 Å². The van der Waals surface area contributed by atoms with Crippen LogP contribution in [-0.4, -0.2) is 22.5 Å². The van der Waals surface area contributed by atoms with Crippen LogP contribution in [0.15, 0.2) is 60.9 Å². The van der Waals surface area contributed by atoms with Crippen molar-refractivity contribution in [3.8, 4) is 5.75 Å². The maximum Gasteiger partial charge on any atom is 0.274 e. The van der Waals surface area contributed by atoms with Crippen molar-refractivity contribution in [2.24, 2.45) is 0 Å². The van der Waals surface area contributed by atoms with Gasteiger partial charge in [0, 0.05) is 11.8 Å². The van der Waals surface area contributed by atoms with Crippen molar-refractivity contribution in [3.63, 3.8) is 0 Å². The molecule has 0 saturated carbocycles. The fourth-order valence-corrected chi connectivity index (χ4v) is 2.56. The Kier molecular flexibility index (Phi) is 5.99. The molecule has 1 heterocycles. The number of para-hydroxylation sites is 2. The fraction of sp³-hybridized carbons (Fsp3) is 0.190.